The molecule has 0 amide bonds. The third kappa shape index (κ3) is 6.69. The van der Waals surface area contributed by atoms with Crippen LogP contribution >= 0.6 is 22.7 Å². The van der Waals surface area contributed by atoms with Gasteiger partial charge in [-0.2, -0.15) is 0 Å². The Morgan fingerprint density at radius 3 is 1.73 bits per heavy atom. The molecule has 0 radical (unpaired) electrons. The topological polar surface area (TPSA) is 143 Å². The molecule has 1 N–H and O–H groups in total. The number of hydrogen-bond acceptors (Lipinski definition) is 12. The molecule has 0 spiro atoms. The van der Waals surface area contributed by atoms with Crippen molar-refractivity contribution in [2.45, 2.75) is 20.5 Å². The molecule has 0 bridgehead atoms. The zero-order valence-electron chi connectivity index (χ0n) is 27.8. The van der Waals surface area contributed by atoms with Crippen LogP contribution in [-0.2, 0) is 16.1 Å². The summed E-state index contributed by atoms with van der Waals surface area (Å²) in [5.41, 5.74) is 3.73. The molecule has 4 aromatic heterocycles. The molecule has 0 aliphatic carbocycles. The average Bonchev–Trinajstić information content (AvgIpc) is 3.93. The van der Waals surface area contributed by atoms with E-state index in [9.17, 15) is 19.5 Å². The van der Waals surface area contributed by atoms with Gasteiger partial charge in [0.25, 0.3) is 0 Å². The third-order valence-electron chi connectivity index (χ3n) is 7.82. The number of rotatable bonds is 10. The minimum absolute atomic E-state index is 0.0891. The number of aromatic nitrogens is 4. The largest absolute Gasteiger partial charge is 0.461 e. The minimum atomic E-state index is -0.403. The number of carbonyl (C=O) groups is 3. The summed E-state index contributed by atoms with van der Waals surface area (Å²) in [4.78, 5) is 45.4. The SMILES string of the molecule is CCOC(=O)c1cnc2sc3cc(Oc4ccccc4C=O)ccc3n12.CCOC(=O)c1cnc2sc3cc(Oc4ccccc4CO)ccc3n12. The summed E-state index contributed by atoms with van der Waals surface area (Å²) in [5.74, 6) is 1.57. The van der Waals surface area contributed by atoms with Gasteiger partial charge in [-0.3, -0.25) is 13.6 Å². The highest BCUT2D eigenvalue weighted by molar-refractivity contribution is 7.24. The lowest BCUT2D eigenvalue weighted by Crippen LogP contribution is -2.07. The highest BCUT2D eigenvalue weighted by Crippen LogP contribution is 2.35. The fraction of sp³-hybridized carbons (Fsp3) is 0.132. The second-order valence-electron chi connectivity index (χ2n) is 11.1. The van der Waals surface area contributed by atoms with E-state index in [0.29, 0.717) is 58.1 Å². The van der Waals surface area contributed by atoms with Crippen molar-refractivity contribution in [1.29, 1.82) is 0 Å². The number of carbonyl (C=O) groups excluding carboxylic acids is 3. The molecule has 0 unspecified atom stereocenters. The van der Waals surface area contributed by atoms with Gasteiger partial charge in [0, 0.05) is 17.7 Å². The first kappa shape index (κ1) is 34.4. The molecule has 0 aliphatic rings. The first-order chi connectivity index (χ1) is 25.4. The number of ether oxygens (including phenoxy) is 4. The predicted octanol–water partition coefficient (Wildman–Crippen LogP) is 8.34. The first-order valence-electron chi connectivity index (χ1n) is 16.1. The summed E-state index contributed by atoms with van der Waals surface area (Å²) >= 11 is 2.91. The molecule has 0 fully saturated rings. The van der Waals surface area contributed by atoms with E-state index in [1.165, 1.54) is 35.1 Å². The van der Waals surface area contributed by atoms with E-state index in [-0.39, 0.29) is 6.61 Å². The maximum atomic E-state index is 12.1. The number of benzene rings is 4. The lowest BCUT2D eigenvalue weighted by atomic mass is 10.2. The molecule has 14 heteroatoms. The Morgan fingerprint density at radius 2 is 1.21 bits per heavy atom. The highest BCUT2D eigenvalue weighted by atomic mass is 32.1. The van der Waals surface area contributed by atoms with Crippen LogP contribution in [0.2, 0.25) is 0 Å². The van der Waals surface area contributed by atoms with Crippen LogP contribution in [0.25, 0.3) is 30.4 Å². The second-order valence-corrected chi connectivity index (χ2v) is 13.1. The van der Waals surface area contributed by atoms with Gasteiger partial charge < -0.3 is 24.1 Å². The smallest absolute Gasteiger partial charge is 0.357 e. The molecular formula is C38H30N4O8S2. The van der Waals surface area contributed by atoms with Crippen molar-refractivity contribution in [3.63, 3.8) is 0 Å². The number of aliphatic hydroxyl groups is 1. The molecule has 0 saturated heterocycles. The molecule has 8 rings (SSSR count). The minimum Gasteiger partial charge on any atom is -0.461 e. The number of thiazole rings is 2. The molecule has 52 heavy (non-hydrogen) atoms. The van der Waals surface area contributed by atoms with E-state index in [1.54, 1.807) is 46.9 Å². The number of aliphatic hydroxyl groups excluding tert-OH is 1. The Labute approximate surface area is 304 Å². The van der Waals surface area contributed by atoms with Crippen LogP contribution < -0.4 is 9.47 Å². The molecule has 4 aromatic carbocycles. The summed E-state index contributed by atoms with van der Waals surface area (Å²) < 4.78 is 27.4. The number of imidazole rings is 2. The number of nitrogens with zero attached hydrogens (tertiary/aromatic N) is 4. The predicted molar refractivity (Wildman–Crippen MR) is 197 cm³/mol. The van der Waals surface area contributed by atoms with E-state index < -0.39 is 11.9 Å². The standard InChI is InChI=1S/C19H16N2O4S.C19H14N2O4S/c2*1-2-24-18(23)15-10-20-19-21(15)14-8-7-13(9-17(14)26-19)25-16-6-4-3-5-12(16)11-22/h3-10,22H,2,11H2,1H3;3-11H,2H2,1H3. The maximum absolute atomic E-state index is 12.1. The van der Waals surface area contributed by atoms with Gasteiger partial charge in [0.05, 0.1) is 58.2 Å². The Balaban J connectivity index is 0.000000162. The monoisotopic (exact) mass is 734 g/mol. The Hall–Kier alpha value is -6.09. The maximum Gasteiger partial charge on any atom is 0.357 e. The Kier molecular flexibility index (Phi) is 9.93. The normalized spacial score (nSPS) is 11.1. The fourth-order valence-corrected chi connectivity index (χ4v) is 7.54. The summed E-state index contributed by atoms with van der Waals surface area (Å²) in [6.45, 7) is 4.07. The fourth-order valence-electron chi connectivity index (χ4n) is 5.48. The molecule has 0 saturated carbocycles. The lowest BCUT2D eigenvalue weighted by molar-refractivity contribution is 0.0509. The molecule has 8 aromatic rings. The van der Waals surface area contributed by atoms with Gasteiger partial charge in [-0.15, -0.1) is 0 Å². The molecule has 0 aliphatic heterocycles. The van der Waals surface area contributed by atoms with Gasteiger partial charge >= 0.3 is 11.9 Å². The van der Waals surface area contributed by atoms with Crippen LogP contribution in [0.15, 0.2) is 97.3 Å². The Morgan fingerprint density at radius 1 is 0.712 bits per heavy atom. The van der Waals surface area contributed by atoms with Crippen molar-refractivity contribution in [3.8, 4) is 23.0 Å². The summed E-state index contributed by atoms with van der Waals surface area (Å²) in [6, 6.07) is 25.5. The third-order valence-corrected chi connectivity index (χ3v) is 9.85. The first-order valence-corrected chi connectivity index (χ1v) is 17.8. The van der Waals surface area contributed by atoms with Gasteiger partial charge in [-0.1, -0.05) is 53.0 Å². The van der Waals surface area contributed by atoms with Crippen LogP contribution in [0.3, 0.4) is 0 Å². The molecule has 262 valence electrons. The second kappa shape index (κ2) is 15.0. The van der Waals surface area contributed by atoms with Crippen molar-refractivity contribution < 1.29 is 38.4 Å². The lowest BCUT2D eigenvalue weighted by Gasteiger charge is -2.09. The summed E-state index contributed by atoms with van der Waals surface area (Å²) in [7, 11) is 0. The van der Waals surface area contributed by atoms with E-state index in [4.69, 9.17) is 18.9 Å². The van der Waals surface area contributed by atoms with E-state index in [0.717, 1.165) is 37.2 Å². The molecule has 0 atom stereocenters. The van der Waals surface area contributed by atoms with Crippen LogP contribution in [0.4, 0.5) is 0 Å². The van der Waals surface area contributed by atoms with Crippen molar-refractivity contribution >= 4 is 71.3 Å². The Bertz CT molecular complexity index is 2580. The van der Waals surface area contributed by atoms with Crippen molar-refractivity contribution in [1.82, 2.24) is 18.8 Å². The summed E-state index contributed by atoms with van der Waals surface area (Å²) in [6.07, 6.45) is 3.82. The number of aldehydes is 1. The van der Waals surface area contributed by atoms with Crippen molar-refractivity contribution in [3.05, 3.63) is 120 Å². The van der Waals surface area contributed by atoms with E-state index in [2.05, 4.69) is 9.97 Å². The van der Waals surface area contributed by atoms with Crippen LogP contribution in [0.5, 0.6) is 23.0 Å². The van der Waals surface area contributed by atoms with Gasteiger partial charge in [-0.25, -0.2) is 19.6 Å². The van der Waals surface area contributed by atoms with Gasteiger partial charge in [0.15, 0.2) is 27.6 Å². The quantitative estimate of drug-likeness (QED) is 0.108. The van der Waals surface area contributed by atoms with Crippen LogP contribution in [0.1, 0.15) is 50.7 Å². The van der Waals surface area contributed by atoms with Gasteiger partial charge in [0.1, 0.15) is 23.0 Å². The molecule has 4 heterocycles. The number of hydrogen-bond donors (Lipinski definition) is 1. The molecule has 12 nitrogen and oxygen atoms in total. The van der Waals surface area contributed by atoms with Gasteiger partial charge in [0.2, 0.25) is 0 Å². The van der Waals surface area contributed by atoms with Crippen molar-refractivity contribution in [2.75, 3.05) is 13.2 Å². The summed E-state index contributed by atoms with van der Waals surface area (Å²) in [5, 5.41) is 9.43. The van der Waals surface area contributed by atoms with Crippen LogP contribution in [0, 0.1) is 0 Å². The zero-order chi connectivity index (χ0) is 36.2. The number of fused-ring (bicyclic) bond motifs is 6. The van der Waals surface area contributed by atoms with Crippen molar-refractivity contribution in [2.24, 2.45) is 0 Å². The highest BCUT2D eigenvalue weighted by Gasteiger charge is 2.19. The van der Waals surface area contributed by atoms with E-state index >= 15 is 0 Å². The van der Waals surface area contributed by atoms with Crippen LogP contribution in [-0.4, -0.2) is 55.3 Å². The number of para-hydroxylation sites is 2. The number of esters is 2. The molecular weight excluding hydrogens is 705 g/mol. The van der Waals surface area contributed by atoms with Gasteiger partial charge in [-0.05, 0) is 56.3 Å². The average molecular weight is 735 g/mol. The zero-order valence-corrected chi connectivity index (χ0v) is 29.5. The van der Waals surface area contributed by atoms with E-state index in [1.807, 2.05) is 60.7 Å².